The Balaban J connectivity index is 2.22. The van der Waals surface area contributed by atoms with E-state index in [-0.39, 0.29) is 0 Å². The van der Waals surface area contributed by atoms with Crippen molar-refractivity contribution < 1.29 is 0 Å². The van der Waals surface area contributed by atoms with Crippen molar-refractivity contribution in [3.8, 4) is 6.07 Å². The lowest BCUT2D eigenvalue weighted by molar-refractivity contribution is 0.730. The number of aryl methyl sites for hydroxylation is 2. The lowest BCUT2D eigenvalue weighted by Gasteiger charge is -2.08. The number of nitrogens with one attached hydrogen (secondary N) is 1. The molecule has 0 bridgehead atoms. The van der Waals surface area contributed by atoms with E-state index in [1.165, 1.54) is 0 Å². The monoisotopic (exact) mass is 275 g/mol. The molecule has 2 rings (SSSR count). The van der Waals surface area contributed by atoms with Gasteiger partial charge < -0.3 is 5.32 Å². The molecule has 0 aliphatic heterocycles. The second kappa shape index (κ2) is 5.29. The summed E-state index contributed by atoms with van der Waals surface area (Å²) in [7, 11) is 1.91. The van der Waals surface area contributed by atoms with Gasteiger partial charge in [0.05, 0.1) is 11.3 Å². The maximum atomic E-state index is 8.92. The molecule has 5 nitrogen and oxygen atoms in total. The lowest BCUT2D eigenvalue weighted by atomic mass is 10.2. The molecule has 1 N–H and O–H groups in total. The van der Waals surface area contributed by atoms with Crippen molar-refractivity contribution in [1.82, 2.24) is 14.8 Å². The standard InChI is InChI=1S/C13H14ClN5/c1-8-11(9(2)19(3)18-8)7-17-13-12(14)10(6-15)4-5-16-13/h4-5H,7H2,1-3H3,(H,16,17). The first kappa shape index (κ1) is 13.4. The molecule has 0 saturated carbocycles. The zero-order valence-electron chi connectivity index (χ0n) is 11.0. The summed E-state index contributed by atoms with van der Waals surface area (Å²) in [5, 5.41) is 16.8. The Hall–Kier alpha value is -2.06. The minimum Gasteiger partial charge on any atom is -0.365 e. The lowest BCUT2D eigenvalue weighted by Crippen LogP contribution is -2.04. The van der Waals surface area contributed by atoms with Crippen molar-refractivity contribution in [1.29, 1.82) is 5.26 Å². The van der Waals surface area contributed by atoms with E-state index in [0.717, 1.165) is 17.0 Å². The van der Waals surface area contributed by atoms with Crippen molar-refractivity contribution in [3.05, 3.63) is 39.8 Å². The third-order valence-electron chi connectivity index (χ3n) is 3.10. The topological polar surface area (TPSA) is 66.5 Å². The molecular formula is C13H14ClN5. The highest BCUT2D eigenvalue weighted by Gasteiger charge is 2.11. The minimum absolute atomic E-state index is 0.351. The number of anilines is 1. The molecule has 0 spiro atoms. The Morgan fingerprint density at radius 2 is 2.21 bits per heavy atom. The van der Waals surface area contributed by atoms with Gasteiger partial charge in [-0.25, -0.2) is 4.98 Å². The van der Waals surface area contributed by atoms with Crippen LogP contribution in [0.1, 0.15) is 22.5 Å². The van der Waals surface area contributed by atoms with E-state index in [1.807, 2.05) is 31.6 Å². The van der Waals surface area contributed by atoms with Gasteiger partial charge >= 0.3 is 0 Å². The van der Waals surface area contributed by atoms with Crippen molar-refractivity contribution >= 4 is 17.4 Å². The van der Waals surface area contributed by atoms with Crippen LogP contribution < -0.4 is 5.32 Å². The van der Waals surface area contributed by atoms with Gasteiger partial charge in [0.25, 0.3) is 0 Å². The summed E-state index contributed by atoms with van der Waals surface area (Å²) in [5.74, 6) is 0.517. The Bertz CT molecular complexity index is 654. The van der Waals surface area contributed by atoms with Gasteiger partial charge in [0.15, 0.2) is 0 Å². The molecule has 0 saturated heterocycles. The molecule has 6 heteroatoms. The Morgan fingerprint density at radius 3 is 2.79 bits per heavy atom. The second-order valence-corrected chi connectivity index (χ2v) is 4.64. The van der Waals surface area contributed by atoms with Crippen LogP contribution in [0.2, 0.25) is 5.02 Å². The van der Waals surface area contributed by atoms with E-state index in [4.69, 9.17) is 16.9 Å². The van der Waals surface area contributed by atoms with Gasteiger partial charge in [-0.15, -0.1) is 0 Å². The fraction of sp³-hybridized carbons (Fsp3) is 0.308. The van der Waals surface area contributed by atoms with Crippen LogP contribution in [0.15, 0.2) is 12.3 Å². The van der Waals surface area contributed by atoms with Crippen molar-refractivity contribution in [3.63, 3.8) is 0 Å². The van der Waals surface area contributed by atoms with Crippen LogP contribution in [-0.2, 0) is 13.6 Å². The zero-order chi connectivity index (χ0) is 14.0. The molecule has 0 amide bonds. The molecule has 2 aromatic rings. The highest BCUT2D eigenvalue weighted by atomic mass is 35.5. The van der Waals surface area contributed by atoms with Crippen LogP contribution in [0.25, 0.3) is 0 Å². The summed E-state index contributed by atoms with van der Waals surface area (Å²) in [4.78, 5) is 4.15. The fourth-order valence-corrected chi connectivity index (χ4v) is 2.12. The van der Waals surface area contributed by atoms with Gasteiger partial charge in [0.1, 0.15) is 16.9 Å². The number of hydrogen-bond donors (Lipinski definition) is 1. The summed E-state index contributed by atoms with van der Waals surface area (Å²) >= 11 is 6.09. The number of aromatic nitrogens is 3. The minimum atomic E-state index is 0.351. The molecule has 19 heavy (non-hydrogen) atoms. The van der Waals surface area contributed by atoms with Crippen molar-refractivity contribution in [2.75, 3.05) is 5.32 Å². The summed E-state index contributed by atoms with van der Waals surface area (Å²) in [6.07, 6.45) is 1.57. The maximum Gasteiger partial charge on any atom is 0.146 e. The van der Waals surface area contributed by atoms with E-state index in [1.54, 1.807) is 12.3 Å². The highest BCUT2D eigenvalue weighted by molar-refractivity contribution is 6.34. The predicted octanol–water partition coefficient (Wildman–Crippen LogP) is 2.57. The quantitative estimate of drug-likeness (QED) is 0.935. The van der Waals surface area contributed by atoms with Gasteiger partial charge in [-0.1, -0.05) is 11.6 Å². The average molecular weight is 276 g/mol. The summed E-state index contributed by atoms with van der Waals surface area (Å²) in [5.41, 5.74) is 3.60. The number of rotatable bonds is 3. The Labute approximate surface area is 116 Å². The number of hydrogen-bond acceptors (Lipinski definition) is 4. The molecule has 0 atom stereocenters. The van der Waals surface area contributed by atoms with Crippen LogP contribution in [0, 0.1) is 25.2 Å². The zero-order valence-corrected chi connectivity index (χ0v) is 11.8. The molecule has 2 aromatic heterocycles. The molecule has 0 radical (unpaired) electrons. The smallest absolute Gasteiger partial charge is 0.146 e. The van der Waals surface area contributed by atoms with E-state index in [2.05, 4.69) is 15.4 Å². The first-order valence-electron chi connectivity index (χ1n) is 5.82. The molecule has 0 unspecified atom stereocenters. The highest BCUT2D eigenvalue weighted by Crippen LogP contribution is 2.24. The summed E-state index contributed by atoms with van der Waals surface area (Å²) in [6, 6.07) is 3.62. The average Bonchev–Trinajstić information content (AvgIpc) is 2.63. The summed E-state index contributed by atoms with van der Waals surface area (Å²) in [6.45, 7) is 4.55. The second-order valence-electron chi connectivity index (χ2n) is 4.26. The molecule has 98 valence electrons. The largest absolute Gasteiger partial charge is 0.365 e. The van der Waals surface area contributed by atoms with Gasteiger partial charge in [-0.05, 0) is 19.9 Å². The molecule has 0 fully saturated rings. The van der Waals surface area contributed by atoms with Crippen molar-refractivity contribution in [2.24, 2.45) is 7.05 Å². The fourth-order valence-electron chi connectivity index (χ4n) is 1.90. The third kappa shape index (κ3) is 2.54. The number of nitriles is 1. The summed E-state index contributed by atoms with van der Waals surface area (Å²) < 4.78 is 1.84. The molecular weight excluding hydrogens is 262 g/mol. The maximum absolute atomic E-state index is 8.92. The normalized spacial score (nSPS) is 10.3. The van der Waals surface area contributed by atoms with E-state index in [0.29, 0.717) is 22.9 Å². The number of nitrogens with zero attached hydrogens (tertiary/aromatic N) is 4. The van der Waals surface area contributed by atoms with Crippen LogP contribution in [0.4, 0.5) is 5.82 Å². The SMILES string of the molecule is Cc1nn(C)c(C)c1CNc1nccc(C#N)c1Cl. The first-order valence-corrected chi connectivity index (χ1v) is 6.20. The molecule has 0 aliphatic carbocycles. The van der Waals surface area contributed by atoms with Crippen LogP contribution >= 0.6 is 11.6 Å². The van der Waals surface area contributed by atoms with Crippen LogP contribution in [0.5, 0.6) is 0 Å². The van der Waals surface area contributed by atoms with E-state index < -0.39 is 0 Å². The third-order valence-corrected chi connectivity index (χ3v) is 3.48. The van der Waals surface area contributed by atoms with Gasteiger partial charge in [0.2, 0.25) is 0 Å². The molecule has 0 aliphatic rings. The number of pyridine rings is 1. The Morgan fingerprint density at radius 1 is 1.47 bits per heavy atom. The first-order chi connectivity index (χ1) is 9.04. The number of halogens is 1. The van der Waals surface area contributed by atoms with E-state index >= 15 is 0 Å². The predicted molar refractivity (Wildman–Crippen MR) is 74.0 cm³/mol. The molecule has 0 aromatic carbocycles. The molecule has 2 heterocycles. The van der Waals surface area contributed by atoms with Gasteiger partial charge in [-0.3, -0.25) is 4.68 Å². The van der Waals surface area contributed by atoms with E-state index in [9.17, 15) is 0 Å². The van der Waals surface area contributed by atoms with Crippen molar-refractivity contribution in [2.45, 2.75) is 20.4 Å². The van der Waals surface area contributed by atoms with Crippen LogP contribution in [0.3, 0.4) is 0 Å². The van der Waals surface area contributed by atoms with Crippen LogP contribution in [-0.4, -0.2) is 14.8 Å². The Kier molecular flexibility index (Phi) is 3.72. The van der Waals surface area contributed by atoms with Gasteiger partial charge in [-0.2, -0.15) is 10.4 Å². The van der Waals surface area contributed by atoms with Gasteiger partial charge in [0, 0.05) is 31.0 Å².